The fraction of sp³-hybridized carbons (Fsp3) is 0.259. The molecule has 0 saturated carbocycles. The molecule has 7 heteroatoms. The van der Waals surface area contributed by atoms with Gasteiger partial charge in [0.05, 0.1) is 0 Å². The third kappa shape index (κ3) is 5.55. The van der Waals surface area contributed by atoms with Gasteiger partial charge in [-0.15, -0.1) is 0 Å². The molecule has 7 nitrogen and oxygen atoms in total. The Kier molecular flexibility index (Phi) is 6.84. The average Bonchev–Trinajstić information content (AvgIpc) is 3.33. The molecule has 0 aliphatic carbocycles. The number of carbonyl (C=O) groups excluding carboxylic acids is 2. The van der Waals surface area contributed by atoms with Gasteiger partial charge in [-0.2, -0.15) is 0 Å². The monoisotopic (exact) mass is 459 g/mol. The summed E-state index contributed by atoms with van der Waals surface area (Å²) < 4.78 is 10.8. The predicted molar refractivity (Wildman–Crippen MR) is 131 cm³/mol. The summed E-state index contributed by atoms with van der Waals surface area (Å²) in [6, 6.07) is 21.8. The molecule has 0 fully saturated rings. The summed E-state index contributed by atoms with van der Waals surface area (Å²) >= 11 is 0. The molecule has 0 aromatic heterocycles. The van der Waals surface area contributed by atoms with Crippen molar-refractivity contribution in [3.05, 3.63) is 89.5 Å². The quantitative estimate of drug-likeness (QED) is 0.524. The number of ether oxygens (including phenoxy) is 2. The van der Waals surface area contributed by atoms with Crippen molar-refractivity contribution in [2.75, 3.05) is 25.2 Å². The SMILES string of the molecule is CC(C)(CN)CN(Cc1ccc(NC(=O)c2ccccc2)cc1)C(=O)c1ccc2c(c1)OCO2. The zero-order chi connectivity index (χ0) is 24.1. The molecule has 0 saturated heterocycles. The van der Waals surface area contributed by atoms with E-state index >= 15 is 0 Å². The largest absolute Gasteiger partial charge is 0.454 e. The number of amides is 2. The van der Waals surface area contributed by atoms with Crippen LogP contribution in [0, 0.1) is 5.41 Å². The van der Waals surface area contributed by atoms with Crippen molar-refractivity contribution in [1.82, 2.24) is 4.90 Å². The second-order valence-corrected chi connectivity index (χ2v) is 9.11. The zero-order valence-corrected chi connectivity index (χ0v) is 19.4. The molecule has 3 aromatic carbocycles. The first kappa shape index (κ1) is 23.3. The number of hydrogen-bond donors (Lipinski definition) is 2. The van der Waals surface area contributed by atoms with Crippen LogP contribution in [0.15, 0.2) is 72.8 Å². The molecule has 0 bridgehead atoms. The van der Waals surface area contributed by atoms with E-state index in [1.807, 2.05) is 56.3 Å². The van der Waals surface area contributed by atoms with Crippen LogP contribution in [0.5, 0.6) is 11.5 Å². The van der Waals surface area contributed by atoms with Crippen molar-refractivity contribution >= 4 is 17.5 Å². The third-order valence-corrected chi connectivity index (χ3v) is 5.70. The van der Waals surface area contributed by atoms with Gasteiger partial charge in [0.2, 0.25) is 6.79 Å². The van der Waals surface area contributed by atoms with Gasteiger partial charge in [0.1, 0.15) is 0 Å². The van der Waals surface area contributed by atoms with E-state index in [9.17, 15) is 9.59 Å². The lowest BCUT2D eigenvalue weighted by Crippen LogP contribution is -2.41. The molecule has 0 radical (unpaired) electrons. The number of hydrogen-bond acceptors (Lipinski definition) is 5. The van der Waals surface area contributed by atoms with Gasteiger partial charge < -0.3 is 25.4 Å². The van der Waals surface area contributed by atoms with E-state index in [4.69, 9.17) is 15.2 Å². The minimum Gasteiger partial charge on any atom is -0.454 e. The van der Waals surface area contributed by atoms with E-state index < -0.39 is 0 Å². The average molecular weight is 460 g/mol. The molecule has 1 aliphatic heterocycles. The zero-order valence-electron chi connectivity index (χ0n) is 19.4. The number of nitrogens with two attached hydrogens (primary N) is 1. The van der Waals surface area contributed by atoms with Gasteiger partial charge in [-0.3, -0.25) is 9.59 Å². The molecule has 1 heterocycles. The van der Waals surface area contributed by atoms with Gasteiger partial charge in [0, 0.05) is 29.9 Å². The highest BCUT2D eigenvalue weighted by atomic mass is 16.7. The molecule has 4 rings (SSSR count). The molecule has 176 valence electrons. The molecule has 1 aliphatic rings. The van der Waals surface area contributed by atoms with Gasteiger partial charge >= 0.3 is 0 Å². The van der Waals surface area contributed by atoms with Crippen LogP contribution in [0.3, 0.4) is 0 Å². The smallest absolute Gasteiger partial charge is 0.255 e. The van der Waals surface area contributed by atoms with Gasteiger partial charge in [0.25, 0.3) is 11.8 Å². The summed E-state index contributed by atoms with van der Waals surface area (Å²) in [5, 5.41) is 2.90. The first-order chi connectivity index (χ1) is 16.3. The second kappa shape index (κ2) is 9.97. The van der Waals surface area contributed by atoms with Gasteiger partial charge in [-0.25, -0.2) is 0 Å². The normalized spacial score (nSPS) is 12.3. The maximum absolute atomic E-state index is 13.4. The maximum Gasteiger partial charge on any atom is 0.255 e. The summed E-state index contributed by atoms with van der Waals surface area (Å²) in [5.74, 6) is 0.930. The predicted octanol–water partition coefficient (Wildman–Crippen LogP) is 4.29. The summed E-state index contributed by atoms with van der Waals surface area (Å²) in [4.78, 5) is 27.6. The minimum absolute atomic E-state index is 0.110. The second-order valence-electron chi connectivity index (χ2n) is 9.11. The van der Waals surface area contributed by atoms with Crippen molar-refractivity contribution in [3.63, 3.8) is 0 Å². The fourth-order valence-electron chi connectivity index (χ4n) is 3.70. The lowest BCUT2D eigenvalue weighted by molar-refractivity contribution is 0.0673. The van der Waals surface area contributed by atoms with E-state index in [-0.39, 0.29) is 24.0 Å². The summed E-state index contributed by atoms with van der Waals surface area (Å²) in [6.45, 7) is 5.57. The Morgan fingerprint density at radius 2 is 1.65 bits per heavy atom. The van der Waals surface area contributed by atoms with Crippen LogP contribution in [0.4, 0.5) is 5.69 Å². The molecule has 0 spiro atoms. The van der Waals surface area contributed by atoms with Crippen molar-refractivity contribution in [3.8, 4) is 11.5 Å². The maximum atomic E-state index is 13.4. The van der Waals surface area contributed by atoms with Crippen LogP contribution < -0.4 is 20.5 Å². The lowest BCUT2D eigenvalue weighted by atomic mass is 9.92. The molecule has 3 N–H and O–H groups in total. The van der Waals surface area contributed by atoms with Crippen LogP contribution in [0.25, 0.3) is 0 Å². The highest BCUT2D eigenvalue weighted by Crippen LogP contribution is 2.33. The first-order valence-electron chi connectivity index (χ1n) is 11.2. The number of nitrogens with one attached hydrogen (secondary N) is 1. The number of carbonyl (C=O) groups is 2. The van der Waals surface area contributed by atoms with Crippen LogP contribution in [-0.4, -0.2) is 36.6 Å². The van der Waals surface area contributed by atoms with Crippen molar-refractivity contribution in [2.24, 2.45) is 11.1 Å². The molecule has 0 atom stereocenters. The van der Waals surface area contributed by atoms with E-state index in [1.54, 1.807) is 35.2 Å². The number of rotatable bonds is 8. The van der Waals surface area contributed by atoms with E-state index in [0.717, 1.165) is 5.56 Å². The van der Waals surface area contributed by atoms with Crippen LogP contribution in [0.1, 0.15) is 40.1 Å². The van der Waals surface area contributed by atoms with Crippen LogP contribution in [0.2, 0.25) is 0 Å². The first-order valence-corrected chi connectivity index (χ1v) is 11.2. The highest BCUT2D eigenvalue weighted by Gasteiger charge is 2.26. The summed E-state index contributed by atoms with van der Waals surface area (Å²) in [5.41, 5.74) is 8.46. The van der Waals surface area contributed by atoms with Gasteiger partial charge in [-0.05, 0) is 60.0 Å². The molecule has 0 unspecified atom stereocenters. The molecular formula is C27H29N3O4. The van der Waals surface area contributed by atoms with E-state index in [1.165, 1.54) is 0 Å². The number of nitrogens with zero attached hydrogens (tertiary/aromatic N) is 1. The van der Waals surface area contributed by atoms with Crippen LogP contribution >= 0.6 is 0 Å². The lowest BCUT2D eigenvalue weighted by Gasteiger charge is -2.32. The van der Waals surface area contributed by atoms with E-state index in [2.05, 4.69) is 5.32 Å². The Balaban J connectivity index is 1.49. The van der Waals surface area contributed by atoms with Gasteiger partial charge in [0.15, 0.2) is 11.5 Å². The standard InChI is InChI=1S/C27H29N3O4/c1-27(2,16-28)17-30(26(32)21-10-13-23-24(14-21)34-18-33-23)15-19-8-11-22(12-9-19)29-25(31)20-6-4-3-5-7-20/h3-14H,15-18,28H2,1-2H3,(H,29,31). The molecule has 3 aromatic rings. The van der Waals surface area contributed by atoms with Crippen molar-refractivity contribution < 1.29 is 19.1 Å². The molecule has 34 heavy (non-hydrogen) atoms. The Morgan fingerprint density at radius 1 is 0.941 bits per heavy atom. The molecular weight excluding hydrogens is 430 g/mol. The Hall–Kier alpha value is -3.84. The van der Waals surface area contributed by atoms with Crippen molar-refractivity contribution in [1.29, 1.82) is 0 Å². The van der Waals surface area contributed by atoms with E-state index in [0.29, 0.717) is 47.9 Å². The number of benzene rings is 3. The summed E-state index contributed by atoms with van der Waals surface area (Å²) in [6.07, 6.45) is 0. The van der Waals surface area contributed by atoms with Crippen molar-refractivity contribution in [2.45, 2.75) is 20.4 Å². The summed E-state index contributed by atoms with van der Waals surface area (Å²) in [7, 11) is 0. The fourth-order valence-corrected chi connectivity index (χ4v) is 3.70. The Morgan fingerprint density at radius 3 is 2.35 bits per heavy atom. The Bertz CT molecular complexity index is 1160. The third-order valence-electron chi connectivity index (χ3n) is 5.70. The van der Waals surface area contributed by atoms with Gasteiger partial charge in [-0.1, -0.05) is 44.2 Å². The number of anilines is 1. The molecule has 2 amide bonds. The Labute approximate surface area is 199 Å². The minimum atomic E-state index is -0.254. The van der Waals surface area contributed by atoms with Crippen LogP contribution in [-0.2, 0) is 6.54 Å². The highest BCUT2D eigenvalue weighted by molar-refractivity contribution is 6.04. The number of fused-ring (bicyclic) bond motifs is 1. The topological polar surface area (TPSA) is 93.9 Å².